The molecule has 0 aromatic heterocycles. The van der Waals surface area contributed by atoms with Crippen molar-refractivity contribution in [1.29, 1.82) is 0 Å². The topological polar surface area (TPSA) is 150 Å². The van der Waals surface area contributed by atoms with Crippen molar-refractivity contribution in [3.05, 3.63) is 0 Å². The Kier molecular flexibility index (Phi) is 13.8. The average molecular weight is 354 g/mol. The maximum absolute atomic E-state index is 11.0. The van der Waals surface area contributed by atoms with Crippen LogP contribution in [0.15, 0.2) is 0 Å². The monoisotopic (exact) mass is 354 g/mol. The molecule has 0 radical (unpaired) electrons. The van der Waals surface area contributed by atoms with Crippen molar-refractivity contribution < 1.29 is 57.2 Å². The van der Waals surface area contributed by atoms with Gasteiger partial charge in [-0.15, -0.1) is 0 Å². The molecule has 0 unspecified atom stereocenters. The van der Waals surface area contributed by atoms with Crippen LogP contribution >= 0.6 is 21.6 Å². The quantitative estimate of drug-likeness (QED) is 0.154. The molecule has 0 aliphatic heterocycles. The molecular formula is C8H15N2NaO6S3. The predicted octanol–water partition coefficient (Wildman–Crippen LogP) is -4.16. The minimum absolute atomic E-state index is 0. The standard InChI is InChI=1S/C8H16N2O6S3.Na/c9-5-7(11)10-6(8(12)13)1-2-17-18-3-4-19(14,15)16;/h6H,1-5,9H2,(H,10,11)(H,12,13)(H,14,15,16);/q;+1/p-1/t6-;/m0./s1. The van der Waals surface area contributed by atoms with Gasteiger partial charge in [-0.3, -0.25) is 4.79 Å². The summed E-state index contributed by atoms with van der Waals surface area (Å²) in [5, 5.41) is 11.1. The largest absolute Gasteiger partial charge is 1.00 e. The third-order valence-corrected chi connectivity index (χ3v) is 5.21. The van der Waals surface area contributed by atoms with Gasteiger partial charge in [-0.2, -0.15) is 0 Å². The summed E-state index contributed by atoms with van der Waals surface area (Å²) in [6, 6.07) is -1.02. The van der Waals surface area contributed by atoms with Gasteiger partial charge < -0.3 is 20.7 Å². The second-order valence-electron chi connectivity index (χ2n) is 3.36. The maximum Gasteiger partial charge on any atom is 1.00 e. The number of carboxylic acids is 1. The molecule has 0 bridgehead atoms. The molecule has 0 aromatic carbocycles. The van der Waals surface area contributed by atoms with E-state index in [-0.39, 0.29) is 48.3 Å². The Bertz CT molecular complexity index is 405. The Hall–Kier alpha value is 0.510. The fourth-order valence-corrected chi connectivity index (χ4v) is 4.19. The van der Waals surface area contributed by atoms with E-state index < -0.39 is 33.8 Å². The van der Waals surface area contributed by atoms with Crippen molar-refractivity contribution in [3.8, 4) is 0 Å². The van der Waals surface area contributed by atoms with Gasteiger partial charge in [0.15, 0.2) is 0 Å². The van der Waals surface area contributed by atoms with E-state index in [1.165, 1.54) is 21.6 Å². The van der Waals surface area contributed by atoms with Crippen LogP contribution in [0.5, 0.6) is 0 Å². The van der Waals surface area contributed by atoms with E-state index in [0.717, 1.165) is 0 Å². The number of hydrogen-bond acceptors (Lipinski definition) is 8. The predicted molar refractivity (Wildman–Crippen MR) is 72.7 cm³/mol. The first-order valence-corrected chi connectivity index (χ1v) is 9.23. The fourth-order valence-electron chi connectivity index (χ4n) is 0.931. The van der Waals surface area contributed by atoms with Crippen LogP contribution in [-0.4, -0.2) is 59.8 Å². The molecule has 4 N–H and O–H groups in total. The maximum atomic E-state index is 11.0. The third kappa shape index (κ3) is 13.5. The van der Waals surface area contributed by atoms with E-state index in [9.17, 15) is 22.6 Å². The normalized spacial score (nSPS) is 12.3. The number of nitrogens with two attached hydrogens (primary N) is 1. The zero-order valence-corrected chi connectivity index (χ0v) is 15.4. The number of rotatable bonds is 10. The molecule has 20 heavy (non-hydrogen) atoms. The van der Waals surface area contributed by atoms with Gasteiger partial charge in [0.05, 0.1) is 16.7 Å². The summed E-state index contributed by atoms with van der Waals surface area (Å²) in [6.07, 6.45) is 0.183. The van der Waals surface area contributed by atoms with Crippen LogP contribution in [0.2, 0.25) is 0 Å². The van der Waals surface area contributed by atoms with E-state index in [1.807, 2.05) is 0 Å². The first-order valence-electron chi connectivity index (χ1n) is 5.16. The van der Waals surface area contributed by atoms with Crippen molar-refractivity contribution >= 4 is 43.6 Å². The van der Waals surface area contributed by atoms with Gasteiger partial charge in [0.25, 0.3) is 0 Å². The number of carboxylic acid groups (broad SMARTS) is 1. The van der Waals surface area contributed by atoms with E-state index >= 15 is 0 Å². The van der Waals surface area contributed by atoms with Crippen LogP contribution in [0, 0.1) is 0 Å². The molecule has 0 saturated carbocycles. The molecule has 1 amide bonds. The Morgan fingerprint density at radius 2 is 1.85 bits per heavy atom. The fraction of sp³-hybridized carbons (Fsp3) is 0.750. The Morgan fingerprint density at radius 1 is 1.30 bits per heavy atom. The van der Waals surface area contributed by atoms with E-state index in [2.05, 4.69) is 5.32 Å². The molecule has 0 saturated heterocycles. The zero-order chi connectivity index (χ0) is 14.9. The van der Waals surface area contributed by atoms with E-state index in [4.69, 9.17) is 10.8 Å². The van der Waals surface area contributed by atoms with Gasteiger partial charge in [-0.1, -0.05) is 21.6 Å². The van der Waals surface area contributed by atoms with Crippen molar-refractivity contribution in [1.82, 2.24) is 5.32 Å². The van der Waals surface area contributed by atoms with E-state index in [1.54, 1.807) is 0 Å². The van der Waals surface area contributed by atoms with Gasteiger partial charge in [0.1, 0.15) is 6.04 Å². The molecule has 8 nitrogen and oxygen atoms in total. The molecule has 0 aliphatic rings. The summed E-state index contributed by atoms with van der Waals surface area (Å²) in [4.78, 5) is 21.8. The minimum atomic E-state index is -4.21. The number of carbonyl (C=O) groups is 2. The van der Waals surface area contributed by atoms with Gasteiger partial charge in [0, 0.05) is 17.3 Å². The van der Waals surface area contributed by atoms with Gasteiger partial charge >= 0.3 is 35.5 Å². The zero-order valence-electron chi connectivity index (χ0n) is 10.9. The van der Waals surface area contributed by atoms with Crippen LogP contribution in [0.3, 0.4) is 0 Å². The number of amides is 1. The number of aliphatic carboxylic acids is 1. The molecule has 0 aliphatic carbocycles. The summed E-state index contributed by atoms with van der Waals surface area (Å²) >= 11 is 0. The van der Waals surface area contributed by atoms with Crippen molar-refractivity contribution in [2.75, 3.05) is 23.8 Å². The second kappa shape index (κ2) is 12.1. The number of nitrogens with one attached hydrogen (secondary N) is 1. The Balaban J connectivity index is 0. The number of carbonyl (C=O) groups excluding carboxylic acids is 1. The van der Waals surface area contributed by atoms with Crippen LogP contribution in [0.1, 0.15) is 6.42 Å². The molecule has 0 spiro atoms. The molecule has 112 valence electrons. The van der Waals surface area contributed by atoms with Crippen LogP contribution in [-0.2, 0) is 19.7 Å². The average Bonchev–Trinajstić information content (AvgIpc) is 2.29. The number of hydrogen-bond donors (Lipinski definition) is 3. The van der Waals surface area contributed by atoms with Crippen LogP contribution in [0.4, 0.5) is 0 Å². The molecule has 0 rings (SSSR count). The van der Waals surface area contributed by atoms with Gasteiger partial charge in [-0.25, -0.2) is 13.2 Å². The van der Waals surface area contributed by atoms with Gasteiger partial charge in [0.2, 0.25) is 5.91 Å². The third-order valence-electron chi connectivity index (χ3n) is 1.81. The van der Waals surface area contributed by atoms with Gasteiger partial charge in [-0.05, 0) is 6.42 Å². The van der Waals surface area contributed by atoms with Crippen molar-refractivity contribution in [3.63, 3.8) is 0 Å². The molecule has 0 heterocycles. The summed E-state index contributed by atoms with van der Waals surface area (Å²) in [5.74, 6) is -1.64. The summed E-state index contributed by atoms with van der Waals surface area (Å²) in [7, 11) is -1.80. The van der Waals surface area contributed by atoms with Crippen LogP contribution in [0.25, 0.3) is 0 Å². The minimum Gasteiger partial charge on any atom is -0.748 e. The smallest absolute Gasteiger partial charge is 0.748 e. The summed E-state index contributed by atoms with van der Waals surface area (Å²) in [6.45, 7) is -0.285. The first-order chi connectivity index (χ1) is 8.76. The van der Waals surface area contributed by atoms with Crippen LogP contribution < -0.4 is 40.6 Å². The molecule has 12 heteroatoms. The van der Waals surface area contributed by atoms with Crippen molar-refractivity contribution in [2.45, 2.75) is 12.5 Å². The van der Waals surface area contributed by atoms with E-state index in [0.29, 0.717) is 5.75 Å². The molecule has 1 atom stereocenters. The second-order valence-corrected chi connectivity index (χ2v) is 7.58. The molecule has 0 aromatic rings. The summed E-state index contributed by atoms with van der Waals surface area (Å²) in [5.41, 5.74) is 5.05. The van der Waals surface area contributed by atoms with Crippen molar-refractivity contribution in [2.24, 2.45) is 5.73 Å². The molecular weight excluding hydrogens is 339 g/mol. The Morgan fingerprint density at radius 3 is 2.30 bits per heavy atom. The SMILES string of the molecule is NCC(=O)N[C@@H](CCSSCCS(=O)(=O)[O-])C(=O)O.[Na+]. The molecule has 0 fully saturated rings. The first kappa shape index (κ1) is 22.8. The Labute approximate surface area is 147 Å². The summed E-state index contributed by atoms with van der Waals surface area (Å²) < 4.78 is 30.9.